The van der Waals surface area contributed by atoms with Crippen molar-refractivity contribution in [1.29, 1.82) is 0 Å². The highest BCUT2D eigenvalue weighted by Crippen LogP contribution is 2.25. The minimum atomic E-state index is -3.71. The summed E-state index contributed by atoms with van der Waals surface area (Å²) in [6, 6.07) is 6.10. The molecule has 1 amide bonds. The van der Waals surface area contributed by atoms with Crippen molar-refractivity contribution in [3.63, 3.8) is 0 Å². The molecule has 0 aliphatic rings. The van der Waals surface area contributed by atoms with Crippen LogP contribution in [0.25, 0.3) is 0 Å². The lowest BCUT2D eigenvalue weighted by Crippen LogP contribution is -2.38. The Labute approximate surface area is 175 Å². The average Bonchev–Trinajstić information content (AvgIpc) is 2.70. The van der Waals surface area contributed by atoms with Crippen LogP contribution in [0, 0.1) is 5.41 Å². The summed E-state index contributed by atoms with van der Waals surface area (Å²) in [5.74, 6) is -0.402. The van der Waals surface area contributed by atoms with E-state index in [1.54, 1.807) is 42.5 Å². The van der Waals surface area contributed by atoms with Crippen molar-refractivity contribution in [2.45, 2.75) is 39.0 Å². The largest absolute Gasteiger partial charge is 0.322 e. The molecule has 29 heavy (non-hydrogen) atoms. The van der Waals surface area contributed by atoms with E-state index in [4.69, 9.17) is 0 Å². The maximum Gasteiger partial charge on any atom is 0.255 e. The number of allylic oxidation sites excluding steroid dienone is 5. The molecule has 0 atom stereocenters. The number of carbonyl (C=O) groups excluding carboxylic acids is 1. The van der Waals surface area contributed by atoms with E-state index < -0.39 is 15.9 Å². The number of sulfonamides is 1. The molecule has 158 valence electrons. The van der Waals surface area contributed by atoms with Crippen LogP contribution in [0.5, 0.6) is 0 Å². The number of nitrogens with one attached hydrogen (secondary N) is 1. The lowest BCUT2D eigenvalue weighted by atomic mass is 9.90. The molecule has 6 heteroatoms. The van der Waals surface area contributed by atoms with Crippen LogP contribution in [0.1, 0.15) is 44.5 Å². The molecule has 0 saturated heterocycles. The van der Waals surface area contributed by atoms with Gasteiger partial charge in [-0.25, -0.2) is 8.42 Å². The summed E-state index contributed by atoms with van der Waals surface area (Å²) < 4.78 is 27.8. The third kappa shape index (κ3) is 7.15. The van der Waals surface area contributed by atoms with Gasteiger partial charge < -0.3 is 5.32 Å². The van der Waals surface area contributed by atoms with Crippen molar-refractivity contribution in [3.05, 3.63) is 79.1 Å². The number of benzene rings is 1. The van der Waals surface area contributed by atoms with E-state index in [1.165, 1.54) is 16.4 Å². The van der Waals surface area contributed by atoms with Crippen molar-refractivity contribution in [1.82, 2.24) is 9.62 Å². The summed E-state index contributed by atoms with van der Waals surface area (Å²) in [6.45, 7) is 15.9. The van der Waals surface area contributed by atoms with Crippen LogP contribution < -0.4 is 5.32 Å². The van der Waals surface area contributed by atoms with Gasteiger partial charge in [-0.2, -0.15) is 4.31 Å². The van der Waals surface area contributed by atoms with Gasteiger partial charge in [0.05, 0.1) is 4.90 Å². The zero-order valence-electron chi connectivity index (χ0n) is 17.8. The summed E-state index contributed by atoms with van der Waals surface area (Å²) in [7, 11) is -3.71. The Hall–Kier alpha value is -2.44. The predicted molar refractivity (Wildman–Crippen MR) is 120 cm³/mol. The quantitative estimate of drug-likeness (QED) is 0.533. The number of carbonyl (C=O) groups is 1. The minimum absolute atomic E-state index is 0.106. The van der Waals surface area contributed by atoms with Crippen molar-refractivity contribution in [3.8, 4) is 0 Å². The molecule has 0 bridgehead atoms. The third-order valence-corrected chi connectivity index (χ3v) is 6.53. The SMILES string of the molecule is C=C/C=C\C(=C/C=C)NC(=O)c1cccc(S(=O)(=O)N(CC)CC(C)(C)CC)c1. The summed E-state index contributed by atoms with van der Waals surface area (Å²) in [5, 5.41) is 2.75. The third-order valence-electron chi connectivity index (χ3n) is 4.62. The van der Waals surface area contributed by atoms with Gasteiger partial charge in [-0.05, 0) is 42.2 Å². The zero-order valence-corrected chi connectivity index (χ0v) is 18.6. The normalized spacial score (nSPS) is 12.9. The molecule has 0 fully saturated rings. The van der Waals surface area contributed by atoms with Crippen LogP contribution in [0.4, 0.5) is 0 Å². The second-order valence-corrected chi connectivity index (χ2v) is 9.32. The first-order chi connectivity index (χ1) is 13.6. The van der Waals surface area contributed by atoms with Gasteiger partial charge >= 0.3 is 0 Å². The van der Waals surface area contributed by atoms with Gasteiger partial charge in [0, 0.05) is 24.4 Å². The second kappa shape index (κ2) is 10.9. The smallest absolute Gasteiger partial charge is 0.255 e. The van der Waals surface area contributed by atoms with Gasteiger partial charge in [-0.15, -0.1) is 0 Å². The number of hydrogen-bond donors (Lipinski definition) is 1. The number of hydrogen-bond acceptors (Lipinski definition) is 3. The van der Waals surface area contributed by atoms with Gasteiger partial charge in [0.1, 0.15) is 0 Å². The molecule has 1 rings (SSSR count). The number of nitrogens with zero attached hydrogens (tertiary/aromatic N) is 1. The number of rotatable bonds is 11. The molecular formula is C23H32N2O3S. The Morgan fingerprint density at radius 2 is 1.90 bits per heavy atom. The van der Waals surface area contributed by atoms with E-state index >= 15 is 0 Å². The summed E-state index contributed by atoms with van der Waals surface area (Å²) in [4.78, 5) is 12.7. The van der Waals surface area contributed by atoms with Crippen LogP contribution in [-0.2, 0) is 10.0 Å². The summed E-state index contributed by atoms with van der Waals surface area (Å²) in [5.41, 5.74) is 0.650. The molecule has 0 radical (unpaired) electrons. The fraction of sp³-hybridized carbons (Fsp3) is 0.348. The molecule has 0 spiro atoms. The zero-order chi connectivity index (χ0) is 22.1. The Balaban J connectivity index is 3.19. The van der Waals surface area contributed by atoms with Crippen LogP contribution in [0.3, 0.4) is 0 Å². The minimum Gasteiger partial charge on any atom is -0.322 e. The highest BCUT2D eigenvalue weighted by Gasteiger charge is 2.29. The lowest BCUT2D eigenvalue weighted by Gasteiger charge is -2.30. The summed E-state index contributed by atoms with van der Waals surface area (Å²) >= 11 is 0. The van der Waals surface area contributed by atoms with Crippen LogP contribution in [-0.4, -0.2) is 31.7 Å². The highest BCUT2D eigenvalue weighted by molar-refractivity contribution is 7.89. The Morgan fingerprint density at radius 3 is 2.45 bits per heavy atom. The molecule has 0 aromatic heterocycles. The van der Waals surface area contributed by atoms with Gasteiger partial charge in [0.25, 0.3) is 5.91 Å². The second-order valence-electron chi connectivity index (χ2n) is 7.38. The molecular weight excluding hydrogens is 384 g/mol. The van der Waals surface area contributed by atoms with Crippen molar-refractivity contribution in [2.75, 3.05) is 13.1 Å². The molecule has 0 aliphatic heterocycles. The molecule has 0 aliphatic carbocycles. The Morgan fingerprint density at radius 1 is 1.21 bits per heavy atom. The Kier molecular flexibility index (Phi) is 9.27. The first-order valence-corrected chi connectivity index (χ1v) is 11.1. The molecule has 1 aromatic carbocycles. The van der Waals surface area contributed by atoms with E-state index in [0.29, 0.717) is 18.8 Å². The highest BCUT2D eigenvalue weighted by atomic mass is 32.2. The standard InChI is InChI=1S/C23H32N2O3S/c1-7-11-15-20(13-8-2)24-22(26)19-14-12-16-21(17-19)29(27,28)25(10-4)18-23(5,6)9-3/h7-8,11-17H,1-2,9-10,18H2,3-6H3,(H,24,26)/b15-11-,20-13+. The molecule has 0 unspecified atom stereocenters. The predicted octanol–water partition coefficient (Wildman–Crippen LogP) is 4.68. The van der Waals surface area contributed by atoms with Gasteiger partial charge in [0.2, 0.25) is 10.0 Å². The molecule has 0 heterocycles. The maximum atomic E-state index is 13.1. The fourth-order valence-electron chi connectivity index (χ4n) is 2.54. The molecule has 5 nitrogen and oxygen atoms in total. The van der Waals surface area contributed by atoms with Gasteiger partial charge in [-0.1, -0.05) is 65.1 Å². The van der Waals surface area contributed by atoms with Crippen molar-refractivity contribution >= 4 is 15.9 Å². The first kappa shape index (κ1) is 24.6. The van der Waals surface area contributed by atoms with E-state index in [1.807, 2.05) is 27.7 Å². The topological polar surface area (TPSA) is 66.5 Å². The monoisotopic (exact) mass is 416 g/mol. The van der Waals surface area contributed by atoms with Gasteiger partial charge in [-0.3, -0.25) is 4.79 Å². The van der Waals surface area contributed by atoms with Crippen molar-refractivity contribution in [2.24, 2.45) is 5.41 Å². The van der Waals surface area contributed by atoms with E-state index in [0.717, 1.165) is 6.42 Å². The van der Waals surface area contributed by atoms with Gasteiger partial charge in [0.15, 0.2) is 0 Å². The van der Waals surface area contributed by atoms with Crippen LogP contribution in [0.2, 0.25) is 0 Å². The van der Waals surface area contributed by atoms with Crippen molar-refractivity contribution < 1.29 is 13.2 Å². The van der Waals surface area contributed by atoms with Crippen LogP contribution in [0.15, 0.2) is 78.4 Å². The van der Waals surface area contributed by atoms with Crippen LogP contribution >= 0.6 is 0 Å². The lowest BCUT2D eigenvalue weighted by molar-refractivity contribution is 0.0967. The van der Waals surface area contributed by atoms with E-state index in [9.17, 15) is 13.2 Å². The average molecular weight is 417 g/mol. The Bertz CT molecular complexity index is 896. The van der Waals surface area contributed by atoms with E-state index in [2.05, 4.69) is 18.5 Å². The van der Waals surface area contributed by atoms with E-state index in [-0.39, 0.29) is 15.9 Å². The summed E-state index contributed by atoms with van der Waals surface area (Å²) in [6.07, 6.45) is 9.01. The molecule has 0 saturated carbocycles. The molecule has 1 N–H and O–H groups in total. The number of amides is 1. The maximum absolute atomic E-state index is 13.1. The first-order valence-electron chi connectivity index (χ1n) is 9.64. The molecule has 1 aromatic rings. The fourth-order valence-corrected chi connectivity index (χ4v) is 4.23.